The number of piperidine rings is 1. The summed E-state index contributed by atoms with van der Waals surface area (Å²) in [5, 5.41) is 12.4. The molecule has 1 amide bonds. The number of hydrogen-bond donors (Lipinski definition) is 3. The molecule has 7 nitrogen and oxygen atoms in total. The molecule has 9 heteroatoms. The number of anilines is 2. The summed E-state index contributed by atoms with van der Waals surface area (Å²) in [6, 6.07) is 3.92. The lowest BCUT2D eigenvalue weighted by atomic mass is 10.1. The minimum atomic E-state index is -0.555. The molecule has 5 N–H and O–H groups in total. The Kier molecular flexibility index (Phi) is 4.06. The third kappa shape index (κ3) is 2.84. The number of amides is 1. The first-order valence-corrected chi connectivity index (χ1v) is 9.61. The Morgan fingerprint density at radius 2 is 2.08 bits per heavy atom. The minimum Gasteiger partial charge on any atom is -0.397 e. The molecule has 0 radical (unpaired) electrons. The number of carbonyl (C=O) groups excluding carboxylic acids is 1. The van der Waals surface area contributed by atoms with Gasteiger partial charge in [-0.25, -0.2) is 9.97 Å². The third-order valence-corrected chi connectivity index (χ3v) is 6.29. The lowest BCUT2D eigenvalue weighted by Gasteiger charge is -2.29. The van der Waals surface area contributed by atoms with Gasteiger partial charge in [0.15, 0.2) is 0 Å². The molecule has 0 saturated carbocycles. The quantitative estimate of drug-likeness (QED) is 0.645. The largest absolute Gasteiger partial charge is 0.397 e. The molecule has 4 rings (SSSR count). The number of aliphatic hydroxyl groups is 1. The number of nitrogens with zero attached hydrogens (tertiary/aromatic N) is 3. The first-order chi connectivity index (χ1) is 12.0. The number of nitrogens with two attached hydrogens (primary N) is 2. The molecule has 3 aromatic heterocycles. The maximum absolute atomic E-state index is 11.7. The number of thiophene rings is 2. The van der Waals surface area contributed by atoms with Gasteiger partial charge >= 0.3 is 0 Å². The Balaban J connectivity index is 1.90. The third-order valence-electron chi connectivity index (χ3n) is 4.30. The molecule has 1 aliphatic rings. The molecule has 130 valence electrons. The average Bonchev–Trinajstić information content (AvgIpc) is 3.23. The maximum atomic E-state index is 11.7. The molecule has 0 bridgehead atoms. The van der Waals surface area contributed by atoms with Crippen molar-refractivity contribution in [2.45, 2.75) is 18.9 Å². The number of hydrogen-bond acceptors (Lipinski definition) is 8. The van der Waals surface area contributed by atoms with Gasteiger partial charge in [0.05, 0.1) is 27.7 Å². The predicted octanol–water partition coefficient (Wildman–Crippen LogP) is 2.06. The molecule has 25 heavy (non-hydrogen) atoms. The van der Waals surface area contributed by atoms with Gasteiger partial charge in [-0.15, -0.1) is 22.7 Å². The Morgan fingerprint density at radius 3 is 2.72 bits per heavy atom. The molecule has 1 aliphatic heterocycles. The highest BCUT2D eigenvalue weighted by Gasteiger charge is 2.25. The fraction of sp³-hybridized carbons (Fsp3) is 0.312. The van der Waals surface area contributed by atoms with E-state index < -0.39 is 5.91 Å². The smallest absolute Gasteiger partial charge is 0.260 e. The van der Waals surface area contributed by atoms with Crippen LogP contribution in [-0.4, -0.2) is 40.2 Å². The number of aliphatic hydroxyl groups excluding tert-OH is 1. The molecule has 4 heterocycles. The monoisotopic (exact) mass is 375 g/mol. The van der Waals surface area contributed by atoms with E-state index in [0.29, 0.717) is 52.7 Å². The van der Waals surface area contributed by atoms with Gasteiger partial charge in [0.2, 0.25) is 5.95 Å². The normalized spacial score (nSPS) is 15.8. The van der Waals surface area contributed by atoms with Crippen LogP contribution in [0.2, 0.25) is 0 Å². The van der Waals surface area contributed by atoms with Crippen molar-refractivity contribution in [1.29, 1.82) is 0 Å². The summed E-state index contributed by atoms with van der Waals surface area (Å²) in [6.45, 7) is 1.39. The average molecular weight is 375 g/mol. The van der Waals surface area contributed by atoms with Gasteiger partial charge in [-0.3, -0.25) is 4.79 Å². The van der Waals surface area contributed by atoms with Crippen molar-refractivity contribution >= 4 is 50.4 Å². The summed E-state index contributed by atoms with van der Waals surface area (Å²) >= 11 is 2.76. The van der Waals surface area contributed by atoms with Crippen LogP contribution in [-0.2, 0) is 0 Å². The van der Waals surface area contributed by atoms with Crippen LogP contribution in [0.25, 0.3) is 20.8 Å². The number of aromatic nitrogens is 2. The van der Waals surface area contributed by atoms with Crippen molar-refractivity contribution in [3.8, 4) is 10.6 Å². The van der Waals surface area contributed by atoms with E-state index in [0.717, 1.165) is 10.6 Å². The number of fused-ring (bicyclic) bond motifs is 1. The number of nitrogen functional groups attached to an aromatic ring is 1. The molecular formula is C16H17N5O2S2. The van der Waals surface area contributed by atoms with E-state index in [4.69, 9.17) is 16.5 Å². The van der Waals surface area contributed by atoms with Gasteiger partial charge in [0.1, 0.15) is 9.71 Å². The van der Waals surface area contributed by atoms with Crippen LogP contribution in [0.5, 0.6) is 0 Å². The zero-order valence-corrected chi connectivity index (χ0v) is 14.9. The van der Waals surface area contributed by atoms with Crippen LogP contribution in [0.3, 0.4) is 0 Å². The van der Waals surface area contributed by atoms with E-state index in [9.17, 15) is 9.90 Å². The highest BCUT2D eigenvalue weighted by Crippen LogP contribution is 2.40. The second kappa shape index (κ2) is 6.25. The molecule has 1 fully saturated rings. The van der Waals surface area contributed by atoms with Crippen LogP contribution >= 0.6 is 22.7 Å². The minimum absolute atomic E-state index is 0.268. The first kappa shape index (κ1) is 16.2. The lowest BCUT2D eigenvalue weighted by molar-refractivity contribution is 0.100. The number of carbonyl (C=O) groups is 1. The molecule has 0 unspecified atom stereocenters. The van der Waals surface area contributed by atoms with Crippen LogP contribution in [0.1, 0.15) is 22.5 Å². The van der Waals surface area contributed by atoms with Crippen LogP contribution in [0.15, 0.2) is 17.5 Å². The molecule has 0 atom stereocenters. The van der Waals surface area contributed by atoms with Crippen molar-refractivity contribution in [3.05, 3.63) is 22.4 Å². The Bertz CT molecular complexity index is 930. The van der Waals surface area contributed by atoms with E-state index in [-0.39, 0.29) is 6.10 Å². The van der Waals surface area contributed by atoms with E-state index >= 15 is 0 Å². The zero-order valence-electron chi connectivity index (χ0n) is 13.3. The standard InChI is InChI=1S/C16H17N5O2S2/c17-11-10-12(9-2-1-7-24-9)19-16(21-5-3-8(22)4-6-21)20-15(10)25-13(11)14(18)23/h1-2,7-8,22H,3-6,17H2,(H2,18,23). The summed E-state index contributed by atoms with van der Waals surface area (Å²) in [5.74, 6) is 0.0420. The highest BCUT2D eigenvalue weighted by atomic mass is 32.1. The second-order valence-electron chi connectivity index (χ2n) is 5.96. The summed E-state index contributed by atoms with van der Waals surface area (Å²) in [7, 11) is 0. The van der Waals surface area contributed by atoms with Gasteiger partial charge in [-0.2, -0.15) is 0 Å². The Labute approximate surface area is 151 Å². The highest BCUT2D eigenvalue weighted by molar-refractivity contribution is 7.21. The Morgan fingerprint density at radius 1 is 1.32 bits per heavy atom. The van der Waals surface area contributed by atoms with E-state index in [2.05, 4.69) is 9.88 Å². The Hall–Kier alpha value is -2.23. The van der Waals surface area contributed by atoms with Gasteiger partial charge in [0.25, 0.3) is 5.91 Å². The topological polar surface area (TPSA) is 118 Å². The lowest BCUT2D eigenvalue weighted by Crippen LogP contribution is -2.36. The van der Waals surface area contributed by atoms with Crippen molar-refractivity contribution in [3.63, 3.8) is 0 Å². The van der Waals surface area contributed by atoms with Gasteiger partial charge in [-0.1, -0.05) is 6.07 Å². The fourth-order valence-electron chi connectivity index (χ4n) is 2.99. The van der Waals surface area contributed by atoms with Crippen molar-refractivity contribution in [2.24, 2.45) is 5.73 Å². The summed E-state index contributed by atoms with van der Waals surface area (Å²) in [5.41, 5.74) is 12.7. The van der Waals surface area contributed by atoms with E-state index in [1.54, 1.807) is 11.3 Å². The van der Waals surface area contributed by atoms with Crippen LogP contribution < -0.4 is 16.4 Å². The zero-order chi connectivity index (χ0) is 17.6. The SMILES string of the molecule is NC(=O)c1sc2nc(N3CCC(O)CC3)nc(-c3cccs3)c2c1N. The predicted molar refractivity (Wildman–Crippen MR) is 101 cm³/mol. The molecule has 0 aromatic carbocycles. The van der Waals surface area contributed by atoms with E-state index in [1.807, 2.05) is 17.5 Å². The van der Waals surface area contributed by atoms with Crippen LogP contribution in [0.4, 0.5) is 11.6 Å². The molecule has 1 saturated heterocycles. The van der Waals surface area contributed by atoms with Crippen molar-refractivity contribution < 1.29 is 9.90 Å². The molecule has 0 aliphatic carbocycles. The van der Waals surface area contributed by atoms with Gasteiger partial charge in [0, 0.05) is 13.1 Å². The second-order valence-corrected chi connectivity index (χ2v) is 7.90. The first-order valence-electron chi connectivity index (χ1n) is 7.91. The fourth-order valence-corrected chi connectivity index (χ4v) is 4.65. The van der Waals surface area contributed by atoms with Crippen molar-refractivity contribution in [1.82, 2.24) is 9.97 Å². The van der Waals surface area contributed by atoms with Crippen LogP contribution in [0, 0.1) is 0 Å². The van der Waals surface area contributed by atoms with Gasteiger partial charge < -0.3 is 21.5 Å². The summed E-state index contributed by atoms with van der Waals surface area (Å²) < 4.78 is 0. The maximum Gasteiger partial charge on any atom is 0.260 e. The van der Waals surface area contributed by atoms with Gasteiger partial charge in [-0.05, 0) is 24.3 Å². The molecule has 3 aromatic rings. The summed E-state index contributed by atoms with van der Waals surface area (Å²) in [4.78, 5) is 25.0. The number of rotatable bonds is 3. The summed E-state index contributed by atoms with van der Waals surface area (Å²) in [6.07, 6.45) is 1.11. The van der Waals surface area contributed by atoms with Crippen molar-refractivity contribution in [2.75, 3.05) is 23.7 Å². The molecular weight excluding hydrogens is 358 g/mol. The number of primary amides is 1. The van der Waals surface area contributed by atoms with E-state index in [1.165, 1.54) is 11.3 Å². The molecule has 0 spiro atoms.